The van der Waals surface area contributed by atoms with E-state index < -0.39 is 30.6 Å². The zero-order valence-electron chi connectivity index (χ0n) is 9.47. The molecule has 2 rings (SSSR count). The molecule has 1 aliphatic heterocycles. The van der Waals surface area contributed by atoms with Gasteiger partial charge in [0.1, 0.15) is 24.9 Å². The highest BCUT2D eigenvalue weighted by Gasteiger charge is 2.42. The molecule has 1 fully saturated rings. The lowest BCUT2D eigenvalue weighted by molar-refractivity contribution is -0.133. The van der Waals surface area contributed by atoms with Crippen LogP contribution in [-0.2, 0) is 9.47 Å². The third kappa shape index (κ3) is 2.68. The molecule has 0 saturated carbocycles. The number of benzene rings is 1. The summed E-state index contributed by atoms with van der Waals surface area (Å²) in [7, 11) is 0. The van der Waals surface area contributed by atoms with E-state index >= 15 is 0 Å². The molecule has 3 N–H and O–H groups in total. The van der Waals surface area contributed by atoms with Crippen LogP contribution in [0.2, 0.25) is 0 Å². The molecule has 0 unspecified atom stereocenters. The van der Waals surface area contributed by atoms with Crippen molar-refractivity contribution in [1.29, 1.82) is 0 Å². The topological polar surface area (TPSA) is 96.2 Å². The molecule has 0 radical (unpaired) electrons. The summed E-state index contributed by atoms with van der Waals surface area (Å²) in [5, 5.41) is 27.9. The van der Waals surface area contributed by atoms with E-state index in [2.05, 4.69) is 0 Å². The van der Waals surface area contributed by atoms with Crippen molar-refractivity contribution >= 4 is 5.97 Å². The number of aliphatic hydroxyl groups excluding tert-OH is 3. The van der Waals surface area contributed by atoms with Crippen molar-refractivity contribution in [3.8, 4) is 0 Å². The highest BCUT2D eigenvalue weighted by Crippen LogP contribution is 2.20. The Morgan fingerprint density at radius 3 is 2.39 bits per heavy atom. The predicted octanol–water partition coefficient (Wildman–Crippen LogP) is -0.718. The third-order valence-electron chi connectivity index (χ3n) is 2.73. The van der Waals surface area contributed by atoms with E-state index in [1.807, 2.05) is 0 Å². The van der Waals surface area contributed by atoms with Gasteiger partial charge in [-0.25, -0.2) is 4.79 Å². The van der Waals surface area contributed by atoms with Crippen LogP contribution in [0, 0.1) is 0 Å². The van der Waals surface area contributed by atoms with Crippen LogP contribution < -0.4 is 0 Å². The molecule has 0 bridgehead atoms. The molecule has 1 heterocycles. The molecule has 0 spiro atoms. The molecule has 0 aromatic heterocycles. The van der Waals surface area contributed by atoms with Crippen LogP contribution in [0.25, 0.3) is 0 Å². The molecule has 98 valence electrons. The average Bonchev–Trinajstić information content (AvgIpc) is 2.64. The van der Waals surface area contributed by atoms with Crippen molar-refractivity contribution in [2.75, 3.05) is 6.61 Å². The zero-order valence-corrected chi connectivity index (χ0v) is 9.47. The lowest BCUT2D eigenvalue weighted by atomic mass is 10.1. The smallest absolute Gasteiger partial charge is 0.338 e. The molecule has 1 saturated heterocycles. The number of aliphatic hydroxyl groups is 3. The largest absolute Gasteiger partial charge is 0.459 e. The Labute approximate surface area is 103 Å². The average molecular weight is 254 g/mol. The summed E-state index contributed by atoms with van der Waals surface area (Å²) in [5.74, 6) is -0.553. The van der Waals surface area contributed by atoms with Crippen molar-refractivity contribution in [1.82, 2.24) is 0 Å². The van der Waals surface area contributed by atoms with E-state index in [4.69, 9.17) is 14.6 Å². The van der Waals surface area contributed by atoms with Crippen molar-refractivity contribution in [2.24, 2.45) is 0 Å². The lowest BCUT2D eigenvalue weighted by Crippen LogP contribution is -2.34. The second kappa shape index (κ2) is 5.45. The molecule has 1 aromatic carbocycles. The van der Waals surface area contributed by atoms with Gasteiger partial charge in [0.2, 0.25) is 0 Å². The molecule has 4 atom stereocenters. The second-order valence-corrected chi connectivity index (χ2v) is 4.01. The van der Waals surface area contributed by atoms with Crippen molar-refractivity contribution < 1.29 is 29.6 Å². The standard InChI is InChI=1S/C12H14O6/c13-9-8(18-12(16)10(9)14)6-17-11(15)7-4-2-1-3-5-7/h1-5,8-10,12-14,16H,6H2/t8-,9-,10+,12+/m1/s1. The van der Waals surface area contributed by atoms with Gasteiger partial charge in [-0.3, -0.25) is 0 Å². The van der Waals surface area contributed by atoms with Crippen LogP contribution >= 0.6 is 0 Å². The predicted molar refractivity (Wildman–Crippen MR) is 59.6 cm³/mol. The fraction of sp³-hybridized carbons (Fsp3) is 0.417. The summed E-state index contributed by atoms with van der Waals surface area (Å²) in [6, 6.07) is 8.36. The van der Waals surface area contributed by atoms with Crippen LogP contribution in [0.5, 0.6) is 0 Å². The minimum Gasteiger partial charge on any atom is -0.459 e. The van der Waals surface area contributed by atoms with Gasteiger partial charge in [-0.05, 0) is 12.1 Å². The van der Waals surface area contributed by atoms with Gasteiger partial charge in [0.05, 0.1) is 5.56 Å². The number of hydrogen-bond acceptors (Lipinski definition) is 6. The van der Waals surface area contributed by atoms with Crippen LogP contribution in [0.3, 0.4) is 0 Å². The van der Waals surface area contributed by atoms with E-state index in [-0.39, 0.29) is 6.61 Å². The van der Waals surface area contributed by atoms with Gasteiger partial charge in [-0.1, -0.05) is 18.2 Å². The summed E-state index contributed by atoms with van der Waals surface area (Å²) in [6.45, 7) is -0.233. The maximum absolute atomic E-state index is 11.6. The number of ether oxygens (including phenoxy) is 2. The molecule has 18 heavy (non-hydrogen) atoms. The number of carbonyl (C=O) groups is 1. The quantitative estimate of drug-likeness (QED) is 0.616. The van der Waals surface area contributed by atoms with Gasteiger partial charge in [0.15, 0.2) is 6.29 Å². The van der Waals surface area contributed by atoms with Crippen molar-refractivity contribution in [3.63, 3.8) is 0 Å². The fourth-order valence-electron chi connectivity index (χ4n) is 1.68. The molecule has 0 amide bonds. The maximum Gasteiger partial charge on any atom is 0.338 e. The van der Waals surface area contributed by atoms with Gasteiger partial charge in [0, 0.05) is 0 Å². The van der Waals surface area contributed by atoms with E-state index in [0.717, 1.165) is 0 Å². The van der Waals surface area contributed by atoms with Crippen LogP contribution in [0.15, 0.2) is 30.3 Å². The fourth-order valence-corrected chi connectivity index (χ4v) is 1.68. The van der Waals surface area contributed by atoms with Crippen LogP contribution in [0.4, 0.5) is 0 Å². The SMILES string of the molecule is O=C(OC[C@H]1O[C@H](O)[C@@H](O)[C@@H]1O)c1ccccc1. The maximum atomic E-state index is 11.6. The molecular formula is C12H14O6. The Balaban J connectivity index is 1.88. The monoisotopic (exact) mass is 254 g/mol. The van der Waals surface area contributed by atoms with Crippen molar-refractivity contribution in [2.45, 2.75) is 24.6 Å². The Hall–Kier alpha value is -1.47. The number of hydrogen-bond donors (Lipinski definition) is 3. The third-order valence-corrected chi connectivity index (χ3v) is 2.73. The molecule has 0 aliphatic carbocycles. The van der Waals surface area contributed by atoms with Gasteiger partial charge < -0.3 is 24.8 Å². The van der Waals surface area contributed by atoms with Crippen LogP contribution in [0.1, 0.15) is 10.4 Å². The number of rotatable bonds is 3. The molecular weight excluding hydrogens is 240 g/mol. The first-order valence-electron chi connectivity index (χ1n) is 5.51. The zero-order chi connectivity index (χ0) is 13.1. The Morgan fingerprint density at radius 2 is 1.83 bits per heavy atom. The normalized spacial score (nSPS) is 31.3. The summed E-state index contributed by atoms with van der Waals surface area (Å²) in [5.41, 5.74) is 0.381. The molecule has 6 nitrogen and oxygen atoms in total. The Morgan fingerprint density at radius 1 is 1.17 bits per heavy atom. The van der Waals surface area contributed by atoms with Gasteiger partial charge in [0.25, 0.3) is 0 Å². The number of esters is 1. The Kier molecular flexibility index (Phi) is 3.93. The van der Waals surface area contributed by atoms with Gasteiger partial charge in [-0.2, -0.15) is 0 Å². The van der Waals surface area contributed by atoms with E-state index in [1.165, 1.54) is 0 Å². The first-order valence-corrected chi connectivity index (χ1v) is 5.51. The molecule has 1 aromatic rings. The minimum atomic E-state index is -1.46. The minimum absolute atomic E-state index is 0.233. The highest BCUT2D eigenvalue weighted by atomic mass is 16.7. The van der Waals surface area contributed by atoms with Gasteiger partial charge >= 0.3 is 5.97 Å². The summed E-state index contributed by atoms with van der Waals surface area (Å²) >= 11 is 0. The van der Waals surface area contributed by atoms with Crippen LogP contribution in [-0.4, -0.2) is 52.5 Å². The molecule has 6 heteroatoms. The van der Waals surface area contributed by atoms with Gasteiger partial charge in [-0.15, -0.1) is 0 Å². The summed E-state index contributed by atoms with van der Waals surface area (Å²) in [6.07, 6.45) is -5.04. The van der Waals surface area contributed by atoms with E-state index in [0.29, 0.717) is 5.56 Å². The number of carbonyl (C=O) groups excluding carboxylic acids is 1. The van der Waals surface area contributed by atoms with E-state index in [1.54, 1.807) is 30.3 Å². The van der Waals surface area contributed by atoms with Crippen molar-refractivity contribution in [3.05, 3.63) is 35.9 Å². The van der Waals surface area contributed by atoms with E-state index in [9.17, 15) is 15.0 Å². The highest BCUT2D eigenvalue weighted by molar-refractivity contribution is 5.89. The Bertz CT molecular complexity index is 406. The molecule has 1 aliphatic rings. The first-order chi connectivity index (χ1) is 8.59. The summed E-state index contributed by atoms with van der Waals surface area (Å²) < 4.78 is 9.78. The second-order valence-electron chi connectivity index (χ2n) is 4.01. The lowest BCUT2D eigenvalue weighted by Gasteiger charge is -2.14. The summed E-state index contributed by atoms with van der Waals surface area (Å²) in [4.78, 5) is 11.6. The first kappa shape index (κ1) is 13.0.